The smallest absolute Gasteiger partial charge is 0.422 e. The Bertz CT molecular complexity index is 3100. The Hall–Kier alpha value is -5.92. The molecule has 0 aliphatic carbocycles. The summed E-state index contributed by atoms with van der Waals surface area (Å²) < 4.78 is 70.6. The van der Waals surface area contributed by atoms with E-state index in [1.54, 1.807) is 113 Å². The lowest BCUT2D eigenvalue weighted by Crippen LogP contribution is -2.40. The van der Waals surface area contributed by atoms with Crippen molar-refractivity contribution in [1.82, 2.24) is 9.97 Å². The van der Waals surface area contributed by atoms with Crippen LogP contribution in [0.1, 0.15) is 78.4 Å². The van der Waals surface area contributed by atoms with Gasteiger partial charge >= 0.3 is 12.2 Å². The average molecular weight is 1330 g/mol. The topological polar surface area (TPSA) is 137 Å². The monoisotopic (exact) mass is 1330 g/mol. The molecule has 2 fully saturated rings. The summed E-state index contributed by atoms with van der Waals surface area (Å²) in [5.41, 5.74) is 2.96. The van der Waals surface area contributed by atoms with Gasteiger partial charge in [-0.25, -0.2) is 37.0 Å². The molecule has 20 heteroatoms. The summed E-state index contributed by atoms with van der Waals surface area (Å²) in [4.78, 5) is 71.2. The molecule has 12 nitrogen and oxygen atoms in total. The van der Waals surface area contributed by atoms with Crippen molar-refractivity contribution in [3.8, 4) is 41.8 Å². The van der Waals surface area contributed by atoms with E-state index in [-0.39, 0.29) is 22.5 Å². The van der Waals surface area contributed by atoms with Crippen molar-refractivity contribution in [1.29, 1.82) is 0 Å². The number of hydrogen-bond acceptors (Lipinski definition) is 12. The van der Waals surface area contributed by atoms with E-state index < -0.39 is 65.6 Å². The predicted molar refractivity (Wildman–Crippen MR) is 312 cm³/mol. The molecule has 2 saturated heterocycles. The molecule has 4 amide bonds. The number of benzene rings is 3. The Morgan fingerprint density at radius 1 is 0.500 bits per heavy atom. The molecule has 7 aromatic rings. The van der Waals surface area contributed by atoms with Crippen molar-refractivity contribution < 1.29 is 55.7 Å². The fourth-order valence-electron chi connectivity index (χ4n) is 8.22. The first-order chi connectivity index (χ1) is 37.1. The van der Waals surface area contributed by atoms with Crippen LogP contribution < -0.4 is 9.80 Å². The van der Waals surface area contributed by atoms with Crippen LogP contribution in [0.4, 0.5) is 38.5 Å². The molecule has 8 heterocycles. The number of amides is 4. The van der Waals surface area contributed by atoms with Gasteiger partial charge < -0.3 is 18.9 Å². The van der Waals surface area contributed by atoms with Crippen molar-refractivity contribution in [2.75, 3.05) is 36.2 Å². The van der Waals surface area contributed by atoms with Crippen LogP contribution in [0.15, 0.2) is 110 Å². The van der Waals surface area contributed by atoms with Crippen molar-refractivity contribution in [3.63, 3.8) is 0 Å². The number of halogens is 6. The van der Waals surface area contributed by atoms with Crippen molar-refractivity contribution >= 4 is 114 Å². The van der Waals surface area contributed by atoms with Gasteiger partial charge in [0.2, 0.25) is 0 Å². The zero-order valence-electron chi connectivity index (χ0n) is 43.2. The Morgan fingerprint density at radius 3 is 1.09 bits per heavy atom. The highest BCUT2D eigenvalue weighted by Gasteiger charge is 2.48. The zero-order chi connectivity index (χ0) is 56.1. The summed E-state index contributed by atoms with van der Waals surface area (Å²) in [5, 5.41) is 0. The predicted octanol–water partition coefficient (Wildman–Crippen LogP) is 15.8. The maximum absolute atomic E-state index is 14.7. The number of anilines is 2. The number of pyridine rings is 2. The second-order valence-electron chi connectivity index (χ2n) is 19.8. The standard InChI is InChI=1S/C44H36N4O6S2.C6F4I2.2C4H8O/c1-43(2,3)53-41(51)47-31-23-27(35-13-11-33(55-35)25-15-19-45-20-16-25)7-9-29(31)37(39(47)49)38-30-10-8-28(36-14-12-34(56-36)26-17-21-46-22-18-26)24-32(30)48(40(38)50)42(52)54-44(4,5)6;7-1-2(8)6(12)4(10)3(9)5(1)11;2*1-2-4-5-3-1/h7-24H,1-6H3;;2*1-4H2/b38-37+;;;. The maximum Gasteiger partial charge on any atom is 0.422 e. The van der Waals surface area contributed by atoms with E-state index >= 15 is 0 Å². The first-order valence-corrected chi connectivity index (χ1v) is 28.4. The summed E-state index contributed by atoms with van der Waals surface area (Å²) >= 11 is 5.52. The lowest BCUT2D eigenvalue weighted by atomic mass is 9.95. The molecule has 78 heavy (non-hydrogen) atoms. The van der Waals surface area contributed by atoms with Crippen LogP contribution in [0.25, 0.3) is 52.9 Å². The van der Waals surface area contributed by atoms with E-state index in [4.69, 9.17) is 18.9 Å². The van der Waals surface area contributed by atoms with Gasteiger partial charge in [-0.1, -0.05) is 24.3 Å². The van der Waals surface area contributed by atoms with Crippen LogP contribution >= 0.6 is 67.9 Å². The van der Waals surface area contributed by atoms with Gasteiger partial charge in [0.15, 0.2) is 23.3 Å². The largest absolute Gasteiger partial charge is 0.443 e. The number of aromatic nitrogens is 2. The number of imide groups is 2. The quantitative estimate of drug-likeness (QED) is 0.0550. The molecule has 4 aliphatic rings. The van der Waals surface area contributed by atoms with Gasteiger partial charge in [0, 0.05) is 81.9 Å². The fourth-order valence-corrected chi connectivity index (χ4v) is 11.2. The summed E-state index contributed by atoms with van der Waals surface area (Å²) in [6.45, 7) is 14.3. The van der Waals surface area contributed by atoms with Crippen LogP contribution in [-0.4, -0.2) is 71.6 Å². The van der Waals surface area contributed by atoms with Gasteiger partial charge in [-0.05, 0) is 195 Å². The molecule has 0 saturated carbocycles. The second kappa shape index (κ2) is 25.0. The number of nitrogens with zero attached hydrogens (tertiary/aromatic N) is 4. The molecule has 0 atom stereocenters. The average Bonchev–Trinajstić information content (AvgIpc) is 4.38. The minimum atomic E-state index is -1.35. The summed E-state index contributed by atoms with van der Waals surface area (Å²) in [5.74, 6) is -6.87. The second-order valence-corrected chi connectivity index (χ2v) is 24.1. The molecule has 4 aliphatic heterocycles. The molecule has 4 aromatic heterocycles. The lowest BCUT2D eigenvalue weighted by Gasteiger charge is -2.24. The highest BCUT2D eigenvalue weighted by atomic mass is 127. The van der Waals surface area contributed by atoms with Crippen LogP contribution in [0.5, 0.6) is 0 Å². The number of fused-ring (bicyclic) bond motifs is 2. The van der Waals surface area contributed by atoms with E-state index in [1.807, 2.05) is 60.7 Å². The van der Waals surface area contributed by atoms with Crippen LogP contribution in [-0.2, 0) is 28.5 Å². The summed E-state index contributed by atoms with van der Waals surface area (Å²) in [7, 11) is 0. The van der Waals surface area contributed by atoms with Crippen LogP contribution in [0, 0.1) is 30.4 Å². The molecule has 0 spiro atoms. The van der Waals surface area contributed by atoms with E-state index in [1.165, 1.54) is 70.9 Å². The van der Waals surface area contributed by atoms with Crippen molar-refractivity contribution in [3.05, 3.63) is 151 Å². The molecule has 0 radical (unpaired) electrons. The van der Waals surface area contributed by atoms with Gasteiger partial charge in [-0.2, -0.15) is 0 Å². The number of hydrogen-bond donors (Lipinski definition) is 0. The van der Waals surface area contributed by atoms with Gasteiger partial charge in [-0.15, -0.1) is 22.7 Å². The Morgan fingerprint density at radius 2 is 0.808 bits per heavy atom. The van der Waals surface area contributed by atoms with Gasteiger partial charge in [-0.3, -0.25) is 19.6 Å². The third-order valence-corrected chi connectivity index (χ3v) is 16.0. The first kappa shape index (κ1) is 58.2. The Balaban J connectivity index is 0.000000301. The molecule has 0 unspecified atom stereocenters. The zero-order valence-corrected chi connectivity index (χ0v) is 49.1. The third-order valence-electron chi connectivity index (χ3n) is 11.8. The minimum absolute atomic E-state index is 0.0118. The van der Waals surface area contributed by atoms with E-state index in [0.29, 0.717) is 11.1 Å². The third kappa shape index (κ3) is 13.4. The van der Waals surface area contributed by atoms with E-state index in [0.717, 1.165) is 78.0 Å². The van der Waals surface area contributed by atoms with E-state index in [9.17, 15) is 36.7 Å². The van der Waals surface area contributed by atoms with Crippen molar-refractivity contribution in [2.24, 2.45) is 0 Å². The highest BCUT2D eigenvalue weighted by molar-refractivity contribution is 14.1. The van der Waals surface area contributed by atoms with Crippen molar-refractivity contribution in [2.45, 2.75) is 78.4 Å². The van der Waals surface area contributed by atoms with Gasteiger partial charge in [0.1, 0.15) is 11.2 Å². The minimum Gasteiger partial charge on any atom is -0.443 e. The molecular formula is C58H52F4I2N4O8S2. The van der Waals surface area contributed by atoms with Gasteiger partial charge in [0.05, 0.1) is 29.7 Å². The molecule has 406 valence electrons. The number of ether oxygens (including phenoxy) is 4. The highest BCUT2D eigenvalue weighted by Crippen LogP contribution is 2.50. The summed E-state index contributed by atoms with van der Waals surface area (Å²) in [6, 6.07) is 26.4. The number of carbonyl (C=O) groups excluding carboxylic acids is 4. The SMILES string of the molecule is C1CCOC1.C1CCOC1.CC(C)(C)OC(=O)N1C(=O)/C(=C2/C(=O)N(C(=O)OC(C)(C)C)c3cc(-c4ccc(-c5ccncc5)s4)ccc32)c2ccc(-c3ccc(-c4ccncc4)s3)cc21.Fc1c(F)c(I)c(F)c(F)c1I. The Kier molecular flexibility index (Phi) is 18.7. The molecular weight excluding hydrogens is 1270 g/mol. The maximum atomic E-state index is 14.7. The molecule has 3 aromatic carbocycles. The van der Waals surface area contributed by atoms with E-state index in [2.05, 4.69) is 9.97 Å². The van der Waals surface area contributed by atoms with Crippen LogP contribution in [0.3, 0.4) is 0 Å². The fraction of sp³-hybridized carbons (Fsp3) is 0.276. The molecule has 11 rings (SSSR count). The van der Waals surface area contributed by atoms with Crippen LogP contribution in [0.2, 0.25) is 0 Å². The Labute approximate surface area is 484 Å². The lowest BCUT2D eigenvalue weighted by molar-refractivity contribution is -0.114. The summed E-state index contributed by atoms with van der Waals surface area (Å²) in [6.07, 6.45) is 10.3. The normalized spacial score (nSPS) is 15.6. The molecule has 0 bridgehead atoms. The van der Waals surface area contributed by atoms with Gasteiger partial charge in [0.25, 0.3) is 11.8 Å². The first-order valence-electron chi connectivity index (χ1n) is 24.6. The number of rotatable bonds is 4. The molecule has 0 N–H and O–H groups in total. The number of thiophene rings is 2. The number of carbonyl (C=O) groups is 4.